The molecule has 1 saturated heterocycles. The van der Waals surface area contributed by atoms with Crippen LogP contribution >= 0.6 is 0 Å². The lowest BCUT2D eigenvalue weighted by Crippen LogP contribution is -2.29. The molecule has 1 aromatic carbocycles. The van der Waals surface area contributed by atoms with Crippen LogP contribution in [0.25, 0.3) is 27.8 Å². The normalized spacial score (nSPS) is 15.9. The van der Waals surface area contributed by atoms with Gasteiger partial charge in [-0.2, -0.15) is 5.10 Å². The van der Waals surface area contributed by atoms with Gasteiger partial charge in [-0.1, -0.05) is 0 Å². The van der Waals surface area contributed by atoms with E-state index in [1.807, 2.05) is 36.0 Å². The van der Waals surface area contributed by atoms with Crippen molar-refractivity contribution in [3.63, 3.8) is 0 Å². The molecule has 0 amide bonds. The van der Waals surface area contributed by atoms with Crippen LogP contribution in [0.1, 0.15) is 24.7 Å². The Morgan fingerprint density at radius 2 is 1.96 bits per heavy atom. The van der Waals surface area contributed by atoms with E-state index in [1.54, 1.807) is 0 Å². The fourth-order valence-corrected chi connectivity index (χ4v) is 3.56. The van der Waals surface area contributed by atoms with E-state index in [0.717, 1.165) is 31.3 Å². The van der Waals surface area contributed by atoms with E-state index in [4.69, 9.17) is 0 Å². The van der Waals surface area contributed by atoms with E-state index in [9.17, 15) is 4.39 Å². The highest BCUT2D eigenvalue weighted by Crippen LogP contribution is 2.27. The van der Waals surface area contributed by atoms with E-state index < -0.39 is 0 Å². The van der Waals surface area contributed by atoms with Crippen molar-refractivity contribution in [3.05, 3.63) is 42.1 Å². The largest absolute Gasteiger partial charge is 0.317 e. The maximum Gasteiger partial charge on any atom is 0.176 e. The van der Waals surface area contributed by atoms with E-state index in [-0.39, 0.29) is 5.82 Å². The molecule has 0 bridgehead atoms. The minimum absolute atomic E-state index is 0.319. The molecule has 26 heavy (non-hydrogen) atoms. The fourth-order valence-electron chi connectivity index (χ4n) is 3.56. The standard InChI is InChI=1S/C18H18FN7/c1-11-21-17-3-2-16(23-26(17)22-11)12-8-13-10-25(14-4-6-20-7-5-14)24-18(13)15(19)9-12/h2-3,8-10,14,20H,4-7H2,1H3. The van der Waals surface area contributed by atoms with Crippen LogP contribution in [0.2, 0.25) is 0 Å². The topological polar surface area (TPSA) is 72.9 Å². The number of hydrogen-bond donors (Lipinski definition) is 1. The second-order valence-corrected chi connectivity index (χ2v) is 6.71. The van der Waals surface area contributed by atoms with Crippen LogP contribution in [0, 0.1) is 12.7 Å². The smallest absolute Gasteiger partial charge is 0.176 e. The summed E-state index contributed by atoms with van der Waals surface area (Å²) in [6.07, 6.45) is 3.95. The first-order chi connectivity index (χ1) is 12.7. The molecule has 8 heteroatoms. The Kier molecular flexibility index (Phi) is 3.46. The zero-order valence-electron chi connectivity index (χ0n) is 14.4. The van der Waals surface area contributed by atoms with E-state index in [0.29, 0.717) is 34.3 Å². The lowest BCUT2D eigenvalue weighted by atomic mass is 10.1. The van der Waals surface area contributed by atoms with Crippen LogP contribution in [0.4, 0.5) is 4.39 Å². The van der Waals surface area contributed by atoms with Gasteiger partial charge in [-0.25, -0.2) is 9.37 Å². The third-order valence-electron chi connectivity index (χ3n) is 4.87. The third-order valence-corrected chi connectivity index (χ3v) is 4.87. The second-order valence-electron chi connectivity index (χ2n) is 6.71. The zero-order valence-corrected chi connectivity index (χ0v) is 14.4. The number of halogens is 1. The average molecular weight is 351 g/mol. The summed E-state index contributed by atoms with van der Waals surface area (Å²) in [6.45, 7) is 3.75. The maximum absolute atomic E-state index is 14.7. The molecular weight excluding hydrogens is 333 g/mol. The first-order valence-electron chi connectivity index (χ1n) is 8.77. The van der Waals surface area contributed by atoms with E-state index in [1.165, 1.54) is 10.7 Å². The fraction of sp³-hybridized carbons (Fsp3) is 0.333. The van der Waals surface area contributed by atoms with Crippen LogP contribution < -0.4 is 5.32 Å². The van der Waals surface area contributed by atoms with Gasteiger partial charge in [-0.05, 0) is 57.1 Å². The molecule has 3 aromatic heterocycles. The Hall–Kier alpha value is -2.87. The number of piperidine rings is 1. The Morgan fingerprint density at radius 3 is 2.81 bits per heavy atom. The Bertz CT molecular complexity index is 1110. The van der Waals surface area contributed by atoms with Crippen molar-refractivity contribution in [1.29, 1.82) is 0 Å². The van der Waals surface area contributed by atoms with Crippen LogP contribution in [0.15, 0.2) is 30.5 Å². The van der Waals surface area contributed by atoms with E-state index >= 15 is 0 Å². The van der Waals surface area contributed by atoms with Crippen LogP contribution in [0.3, 0.4) is 0 Å². The number of aromatic nitrogens is 6. The maximum atomic E-state index is 14.7. The summed E-state index contributed by atoms with van der Waals surface area (Å²) in [7, 11) is 0. The van der Waals surface area contributed by atoms with Gasteiger partial charge in [0.15, 0.2) is 11.5 Å². The minimum atomic E-state index is -0.332. The molecule has 132 valence electrons. The summed E-state index contributed by atoms with van der Waals surface area (Å²) in [5.41, 5.74) is 2.43. The highest BCUT2D eigenvalue weighted by Gasteiger charge is 2.18. The van der Waals surface area contributed by atoms with Crippen molar-refractivity contribution in [2.24, 2.45) is 0 Å². The van der Waals surface area contributed by atoms with Gasteiger partial charge in [0, 0.05) is 17.1 Å². The van der Waals surface area contributed by atoms with E-state index in [2.05, 4.69) is 25.6 Å². The van der Waals surface area contributed by atoms with Gasteiger partial charge >= 0.3 is 0 Å². The second kappa shape index (κ2) is 5.84. The number of rotatable bonds is 2. The molecule has 1 aliphatic heterocycles. The van der Waals surface area contributed by atoms with Crippen molar-refractivity contribution in [3.8, 4) is 11.3 Å². The van der Waals surface area contributed by atoms with Crippen molar-refractivity contribution < 1.29 is 4.39 Å². The SMILES string of the molecule is Cc1nc2ccc(-c3cc(F)c4nn(C5CCNCC5)cc4c3)nn2n1. The van der Waals surface area contributed by atoms with Gasteiger partial charge in [0.2, 0.25) is 0 Å². The summed E-state index contributed by atoms with van der Waals surface area (Å²) < 4.78 is 18.1. The molecular formula is C18H18FN7. The number of fused-ring (bicyclic) bond motifs is 2. The van der Waals surface area contributed by atoms with Gasteiger partial charge in [-0.3, -0.25) is 4.68 Å². The average Bonchev–Trinajstić information content (AvgIpc) is 3.24. The van der Waals surface area contributed by atoms with Gasteiger partial charge in [0.1, 0.15) is 11.3 Å². The Balaban J connectivity index is 1.58. The van der Waals surface area contributed by atoms with Crippen molar-refractivity contribution in [1.82, 2.24) is 34.9 Å². The predicted octanol–water partition coefficient (Wildman–Crippen LogP) is 2.51. The summed E-state index contributed by atoms with van der Waals surface area (Å²) >= 11 is 0. The first-order valence-corrected chi connectivity index (χ1v) is 8.77. The molecule has 0 saturated carbocycles. The number of nitrogens with zero attached hydrogens (tertiary/aromatic N) is 6. The summed E-state index contributed by atoms with van der Waals surface area (Å²) in [6, 6.07) is 7.41. The molecule has 4 heterocycles. The van der Waals surface area contributed by atoms with Crippen molar-refractivity contribution in [2.75, 3.05) is 13.1 Å². The predicted molar refractivity (Wildman–Crippen MR) is 95.3 cm³/mol. The van der Waals surface area contributed by atoms with Crippen molar-refractivity contribution in [2.45, 2.75) is 25.8 Å². The molecule has 5 rings (SSSR count). The highest BCUT2D eigenvalue weighted by molar-refractivity contribution is 5.84. The molecule has 1 fully saturated rings. The molecule has 0 aliphatic carbocycles. The Morgan fingerprint density at radius 1 is 1.12 bits per heavy atom. The molecule has 0 spiro atoms. The van der Waals surface area contributed by atoms with Gasteiger partial charge in [0.25, 0.3) is 0 Å². The molecule has 4 aromatic rings. The molecule has 1 N–H and O–H groups in total. The summed E-state index contributed by atoms with van der Waals surface area (Å²) in [4.78, 5) is 4.27. The lowest BCUT2D eigenvalue weighted by molar-refractivity contribution is 0.344. The summed E-state index contributed by atoms with van der Waals surface area (Å²) in [5.74, 6) is 0.321. The van der Waals surface area contributed by atoms with Crippen molar-refractivity contribution >= 4 is 16.6 Å². The molecule has 1 aliphatic rings. The van der Waals surface area contributed by atoms with Crippen LogP contribution in [-0.2, 0) is 0 Å². The highest BCUT2D eigenvalue weighted by atomic mass is 19.1. The number of benzene rings is 1. The molecule has 0 unspecified atom stereocenters. The number of hydrogen-bond acceptors (Lipinski definition) is 5. The van der Waals surface area contributed by atoms with Crippen LogP contribution in [-0.4, -0.2) is 42.7 Å². The molecule has 7 nitrogen and oxygen atoms in total. The minimum Gasteiger partial charge on any atom is -0.317 e. The monoisotopic (exact) mass is 351 g/mol. The van der Waals surface area contributed by atoms with Crippen LogP contribution in [0.5, 0.6) is 0 Å². The Labute approximate surface area is 148 Å². The summed E-state index contributed by atoms with van der Waals surface area (Å²) in [5, 5.41) is 17.3. The quantitative estimate of drug-likeness (QED) is 0.601. The molecule has 0 atom stereocenters. The number of nitrogens with one attached hydrogen (secondary N) is 1. The number of aryl methyl sites for hydroxylation is 1. The zero-order chi connectivity index (χ0) is 17.7. The third kappa shape index (κ3) is 2.53. The molecule has 0 radical (unpaired) electrons. The first kappa shape index (κ1) is 15.4. The van der Waals surface area contributed by atoms with Gasteiger partial charge in [0.05, 0.1) is 11.7 Å². The lowest BCUT2D eigenvalue weighted by Gasteiger charge is -2.22. The van der Waals surface area contributed by atoms with Gasteiger partial charge in [-0.15, -0.1) is 14.8 Å². The van der Waals surface area contributed by atoms with Gasteiger partial charge < -0.3 is 5.32 Å².